The summed E-state index contributed by atoms with van der Waals surface area (Å²) in [6.45, 7) is 7.23. The molecule has 6 nitrogen and oxygen atoms in total. The fourth-order valence-electron chi connectivity index (χ4n) is 3.98. The molecule has 32 heavy (non-hydrogen) atoms. The van der Waals surface area contributed by atoms with Crippen molar-refractivity contribution in [2.45, 2.75) is 52.2 Å². The Morgan fingerprint density at radius 1 is 0.812 bits per heavy atom. The highest BCUT2D eigenvalue weighted by atomic mass is 19.1. The van der Waals surface area contributed by atoms with Crippen LogP contribution in [-0.4, -0.2) is 56.7 Å². The Kier molecular flexibility index (Phi) is 7.64. The van der Waals surface area contributed by atoms with Crippen molar-refractivity contribution in [2.75, 3.05) is 20.3 Å². The first kappa shape index (κ1) is 23.9. The van der Waals surface area contributed by atoms with Crippen molar-refractivity contribution in [1.82, 2.24) is 0 Å². The fourth-order valence-corrected chi connectivity index (χ4v) is 3.98. The molecule has 1 aliphatic rings. The van der Waals surface area contributed by atoms with Crippen molar-refractivity contribution < 1.29 is 32.9 Å². The average Bonchev–Trinajstić information content (AvgIpc) is 3.00. The van der Waals surface area contributed by atoms with Crippen molar-refractivity contribution in [2.24, 2.45) is 0 Å². The van der Waals surface area contributed by atoms with Crippen LogP contribution in [0.3, 0.4) is 0 Å². The summed E-state index contributed by atoms with van der Waals surface area (Å²) in [4.78, 5) is 25.2. The second kappa shape index (κ2) is 10.2. The minimum Gasteiger partial charge on any atom is -0.459 e. The highest BCUT2D eigenvalue weighted by Crippen LogP contribution is 2.29. The molecule has 4 atom stereocenters. The van der Waals surface area contributed by atoms with Gasteiger partial charge in [-0.3, -0.25) is 0 Å². The molecule has 1 unspecified atom stereocenters. The molecule has 0 saturated carbocycles. The number of carbonyl (C=O) groups is 2. The normalized spacial score (nSPS) is 22.6. The van der Waals surface area contributed by atoms with E-state index in [1.807, 2.05) is 39.8 Å². The number of alkyl halides is 1. The van der Waals surface area contributed by atoms with Crippen molar-refractivity contribution in [1.29, 1.82) is 0 Å². The molecule has 0 amide bonds. The average molecular weight is 444 g/mol. The molecule has 0 radical (unpaired) electrons. The molecule has 0 aliphatic carbocycles. The number of rotatable bonds is 7. The summed E-state index contributed by atoms with van der Waals surface area (Å²) in [7, 11) is 1.43. The molecular weight excluding hydrogens is 415 g/mol. The Morgan fingerprint density at radius 3 is 1.81 bits per heavy atom. The smallest absolute Gasteiger partial charge is 0.338 e. The summed E-state index contributed by atoms with van der Waals surface area (Å²) in [6, 6.07) is 10.7. The Morgan fingerprint density at radius 2 is 1.31 bits per heavy atom. The Bertz CT molecular complexity index is 948. The van der Waals surface area contributed by atoms with Crippen molar-refractivity contribution in [3.63, 3.8) is 0 Å². The summed E-state index contributed by atoms with van der Waals surface area (Å²) in [5.74, 6) is -1.21. The Balaban J connectivity index is 1.73. The maximum absolute atomic E-state index is 15.1. The van der Waals surface area contributed by atoms with Gasteiger partial charge in [-0.1, -0.05) is 34.4 Å². The topological polar surface area (TPSA) is 71.1 Å². The molecule has 1 saturated heterocycles. The molecule has 172 valence electrons. The monoisotopic (exact) mass is 444 g/mol. The van der Waals surface area contributed by atoms with Gasteiger partial charge in [0.1, 0.15) is 18.8 Å². The lowest BCUT2D eigenvalue weighted by molar-refractivity contribution is -0.0543. The molecule has 1 aliphatic heterocycles. The summed E-state index contributed by atoms with van der Waals surface area (Å²) >= 11 is 0. The van der Waals surface area contributed by atoms with Crippen molar-refractivity contribution >= 4 is 11.9 Å². The third-order valence-corrected chi connectivity index (χ3v) is 5.25. The predicted octanol–water partition coefficient (Wildman–Crippen LogP) is 4.05. The number of benzene rings is 2. The molecule has 1 fully saturated rings. The van der Waals surface area contributed by atoms with E-state index in [4.69, 9.17) is 18.9 Å². The molecule has 7 heteroatoms. The van der Waals surface area contributed by atoms with Gasteiger partial charge in [0.2, 0.25) is 0 Å². The van der Waals surface area contributed by atoms with E-state index in [0.29, 0.717) is 11.1 Å². The number of esters is 2. The lowest BCUT2D eigenvalue weighted by Crippen LogP contribution is -2.37. The second-order valence-corrected chi connectivity index (χ2v) is 8.33. The van der Waals surface area contributed by atoms with Crippen LogP contribution in [0.5, 0.6) is 0 Å². The first-order valence-electron chi connectivity index (χ1n) is 10.5. The van der Waals surface area contributed by atoms with Gasteiger partial charge in [-0.25, -0.2) is 14.0 Å². The second-order valence-electron chi connectivity index (χ2n) is 8.33. The van der Waals surface area contributed by atoms with Gasteiger partial charge >= 0.3 is 11.9 Å². The molecule has 0 aromatic heterocycles. The van der Waals surface area contributed by atoms with Gasteiger partial charge in [0.05, 0.1) is 17.7 Å². The van der Waals surface area contributed by atoms with Gasteiger partial charge in [-0.2, -0.15) is 0 Å². The number of hydrogen-bond donors (Lipinski definition) is 0. The fraction of sp³-hybridized carbons (Fsp3) is 0.440. The maximum Gasteiger partial charge on any atom is 0.338 e. The van der Waals surface area contributed by atoms with Gasteiger partial charge < -0.3 is 18.9 Å². The largest absolute Gasteiger partial charge is 0.459 e. The van der Waals surface area contributed by atoms with Gasteiger partial charge in [0, 0.05) is 7.11 Å². The van der Waals surface area contributed by atoms with E-state index in [-0.39, 0.29) is 13.2 Å². The zero-order valence-corrected chi connectivity index (χ0v) is 19.0. The highest BCUT2D eigenvalue weighted by molar-refractivity contribution is 5.90. The number of halogens is 1. The lowest BCUT2D eigenvalue weighted by atomic mass is 10.1. The first-order valence-corrected chi connectivity index (χ1v) is 10.5. The number of hydrogen-bond acceptors (Lipinski definition) is 6. The Hall–Kier alpha value is -2.77. The van der Waals surface area contributed by atoms with Gasteiger partial charge in [-0.05, 0) is 52.0 Å². The minimum atomic E-state index is -1.62. The highest BCUT2D eigenvalue weighted by Gasteiger charge is 2.48. The molecule has 1 heterocycles. The van der Waals surface area contributed by atoms with Crippen LogP contribution >= 0.6 is 0 Å². The first-order chi connectivity index (χ1) is 15.2. The number of ether oxygens (including phenoxy) is 4. The molecule has 0 bridgehead atoms. The van der Waals surface area contributed by atoms with Crippen LogP contribution in [0.1, 0.15) is 43.0 Å². The predicted molar refractivity (Wildman–Crippen MR) is 117 cm³/mol. The van der Waals surface area contributed by atoms with E-state index >= 15 is 4.39 Å². The summed E-state index contributed by atoms with van der Waals surface area (Å²) in [5, 5.41) is 0. The van der Waals surface area contributed by atoms with Crippen LogP contribution in [-0.2, 0) is 18.9 Å². The molecule has 0 spiro atoms. The van der Waals surface area contributed by atoms with Crippen LogP contribution in [0.25, 0.3) is 0 Å². The van der Waals surface area contributed by atoms with E-state index < -0.39 is 36.4 Å². The van der Waals surface area contributed by atoms with Crippen LogP contribution in [0.15, 0.2) is 36.4 Å². The van der Waals surface area contributed by atoms with Crippen LogP contribution in [0, 0.1) is 27.7 Å². The number of methoxy groups -OCH3 is 1. The molecule has 0 N–H and O–H groups in total. The minimum absolute atomic E-state index is 0.0136. The van der Waals surface area contributed by atoms with E-state index in [9.17, 15) is 9.59 Å². The third-order valence-electron chi connectivity index (χ3n) is 5.25. The van der Waals surface area contributed by atoms with E-state index in [0.717, 1.165) is 22.3 Å². The van der Waals surface area contributed by atoms with Crippen molar-refractivity contribution in [3.05, 3.63) is 69.8 Å². The zero-order chi connectivity index (χ0) is 23.4. The quantitative estimate of drug-likeness (QED) is 0.600. The van der Waals surface area contributed by atoms with Gasteiger partial charge in [0.25, 0.3) is 0 Å². The summed E-state index contributed by atoms with van der Waals surface area (Å²) < 4.78 is 36.7. The van der Waals surface area contributed by atoms with Gasteiger partial charge in [-0.15, -0.1) is 0 Å². The Labute approximate surface area is 187 Å². The van der Waals surface area contributed by atoms with E-state index in [2.05, 4.69) is 0 Å². The van der Waals surface area contributed by atoms with Crippen LogP contribution < -0.4 is 0 Å². The molecule has 2 aromatic rings. The SMILES string of the molecule is COCC1O[C@H](COC(=O)c2cc(C)cc(C)c2)[C@@H](OC(=O)c2cc(C)cc(C)c2)[C@@H]1F. The van der Waals surface area contributed by atoms with Gasteiger partial charge in [0.15, 0.2) is 12.3 Å². The molecular formula is C25H29FO6. The maximum atomic E-state index is 15.1. The zero-order valence-electron chi connectivity index (χ0n) is 19.0. The number of aryl methyl sites for hydroxylation is 4. The van der Waals surface area contributed by atoms with E-state index in [1.54, 1.807) is 24.3 Å². The standard InChI is InChI=1S/C25H29FO6/c1-14-6-15(2)9-18(8-14)24(27)30-13-21-23(22(26)20(31-21)12-29-5)32-25(28)19-10-16(3)7-17(4)11-19/h6-11,20-23H,12-13H2,1-5H3/t20?,21-,22-,23-/m1/s1. The number of carbonyl (C=O) groups excluding carboxylic acids is 2. The van der Waals surface area contributed by atoms with Crippen LogP contribution in [0.4, 0.5) is 4.39 Å². The third kappa shape index (κ3) is 5.72. The lowest BCUT2D eigenvalue weighted by Gasteiger charge is -2.20. The van der Waals surface area contributed by atoms with Crippen LogP contribution in [0.2, 0.25) is 0 Å². The van der Waals surface area contributed by atoms with E-state index in [1.165, 1.54) is 7.11 Å². The van der Waals surface area contributed by atoms with Crippen molar-refractivity contribution in [3.8, 4) is 0 Å². The summed E-state index contributed by atoms with van der Waals surface area (Å²) in [5.41, 5.74) is 4.38. The molecule has 3 rings (SSSR count). The summed E-state index contributed by atoms with van der Waals surface area (Å²) in [6.07, 6.45) is -4.72. The molecule has 2 aromatic carbocycles.